The van der Waals surface area contributed by atoms with Gasteiger partial charge in [-0.05, 0) is 25.8 Å². The van der Waals surface area contributed by atoms with Crippen molar-refractivity contribution in [3.8, 4) is 0 Å². The third-order valence-corrected chi connectivity index (χ3v) is 3.40. The van der Waals surface area contributed by atoms with E-state index in [0.717, 1.165) is 18.3 Å². The maximum absolute atomic E-state index is 5.29. The highest BCUT2D eigenvalue weighted by Crippen LogP contribution is 2.18. The fourth-order valence-electron chi connectivity index (χ4n) is 2.33. The summed E-state index contributed by atoms with van der Waals surface area (Å²) in [7, 11) is 0. The van der Waals surface area contributed by atoms with Gasteiger partial charge in [0, 0.05) is 18.2 Å². The van der Waals surface area contributed by atoms with Crippen LogP contribution in [-0.4, -0.2) is 6.04 Å². The third-order valence-electron chi connectivity index (χ3n) is 3.40. The molecule has 0 aliphatic heterocycles. The molecular weight excluding hydrogens is 186 g/mol. The molecule has 0 unspecified atom stereocenters. The molecule has 1 aromatic rings. The van der Waals surface area contributed by atoms with E-state index in [1.165, 1.54) is 44.1 Å². The van der Waals surface area contributed by atoms with Crippen molar-refractivity contribution in [1.82, 2.24) is 5.32 Å². The first kappa shape index (κ1) is 10.7. The van der Waals surface area contributed by atoms with Gasteiger partial charge in [-0.1, -0.05) is 25.7 Å². The van der Waals surface area contributed by atoms with Crippen LogP contribution in [0.3, 0.4) is 0 Å². The smallest absolute Gasteiger partial charge is 0.105 e. The zero-order valence-electron chi connectivity index (χ0n) is 9.59. The van der Waals surface area contributed by atoms with E-state index in [9.17, 15) is 0 Å². The first-order valence-corrected chi connectivity index (χ1v) is 6.12. The lowest BCUT2D eigenvalue weighted by molar-refractivity contribution is 0.454. The zero-order valence-corrected chi connectivity index (χ0v) is 9.59. The normalized spacial score (nSPS) is 19.0. The zero-order chi connectivity index (χ0) is 10.5. The summed E-state index contributed by atoms with van der Waals surface area (Å²) in [5, 5.41) is 3.64. The lowest BCUT2D eigenvalue weighted by Gasteiger charge is -2.15. The Kier molecular flexibility index (Phi) is 3.84. The van der Waals surface area contributed by atoms with E-state index in [1.54, 1.807) is 6.26 Å². The lowest BCUT2D eigenvalue weighted by Crippen LogP contribution is -2.27. The number of rotatable bonds is 3. The van der Waals surface area contributed by atoms with Crippen molar-refractivity contribution < 1.29 is 4.42 Å². The van der Waals surface area contributed by atoms with Gasteiger partial charge in [0.15, 0.2) is 0 Å². The largest absolute Gasteiger partial charge is 0.469 e. The van der Waals surface area contributed by atoms with Gasteiger partial charge in [-0.15, -0.1) is 0 Å². The van der Waals surface area contributed by atoms with Crippen LogP contribution in [0.5, 0.6) is 0 Å². The molecule has 0 bridgehead atoms. The molecule has 0 aromatic carbocycles. The highest BCUT2D eigenvalue weighted by atomic mass is 16.3. The molecule has 84 valence electrons. The third kappa shape index (κ3) is 3.10. The van der Waals surface area contributed by atoms with E-state index in [1.807, 2.05) is 6.92 Å². The van der Waals surface area contributed by atoms with E-state index in [4.69, 9.17) is 4.42 Å². The van der Waals surface area contributed by atoms with Crippen molar-refractivity contribution in [3.05, 3.63) is 23.7 Å². The Balaban J connectivity index is 1.79. The Hall–Kier alpha value is -0.760. The first-order chi connectivity index (χ1) is 7.36. The maximum Gasteiger partial charge on any atom is 0.105 e. The van der Waals surface area contributed by atoms with Crippen molar-refractivity contribution in [1.29, 1.82) is 0 Å². The average Bonchev–Trinajstić information content (AvgIpc) is 2.53. The Morgan fingerprint density at radius 2 is 2.00 bits per heavy atom. The molecule has 2 heteroatoms. The Bertz CT molecular complexity index is 284. The van der Waals surface area contributed by atoms with Crippen molar-refractivity contribution in [2.45, 2.75) is 58.0 Å². The Morgan fingerprint density at radius 3 is 2.60 bits per heavy atom. The number of furan rings is 1. The van der Waals surface area contributed by atoms with Crippen LogP contribution < -0.4 is 5.32 Å². The van der Waals surface area contributed by atoms with Crippen LogP contribution in [0.15, 0.2) is 16.7 Å². The summed E-state index contributed by atoms with van der Waals surface area (Å²) in [5.41, 5.74) is 1.30. The molecule has 0 atom stereocenters. The summed E-state index contributed by atoms with van der Waals surface area (Å²) in [4.78, 5) is 0. The molecule has 1 fully saturated rings. The van der Waals surface area contributed by atoms with Crippen LogP contribution in [0.2, 0.25) is 0 Å². The summed E-state index contributed by atoms with van der Waals surface area (Å²) < 4.78 is 5.29. The van der Waals surface area contributed by atoms with Gasteiger partial charge in [0.1, 0.15) is 5.76 Å². The van der Waals surface area contributed by atoms with E-state index in [-0.39, 0.29) is 0 Å². The highest BCUT2D eigenvalue weighted by Gasteiger charge is 2.12. The highest BCUT2D eigenvalue weighted by molar-refractivity contribution is 5.15. The Labute approximate surface area is 92.1 Å². The van der Waals surface area contributed by atoms with Crippen LogP contribution in [0.1, 0.15) is 49.8 Å². The van der Waals surface area contributed by atoms with Gasteiger partial charge in [0.25, 0.3) is 0 Å². The second-order valence-electron chi connectivity index (χ2n) is 4.57. The molecule has 0 saturated heterocycles. The second-order valence-corrected chi connectivity index (χ2v) is 4.57. The minimum absolute atomic E-state index is 0.724. The summed E-state index contributed by atoms with van der Waals surface area (Å²) in [5.74, 6) is 1.05. The number of hydrogen-bond acceptors (Lipinski definition) is 2. The molecule has 1 heterocycles. The number of nitrogens with one attached hydrogen (secondary N) is 1. The molecule has 1 saturated carbocycles. The SMILES string of the molecule is Cc1occc1CNC1CCCCCC1. The van der Waals surface area contributed by atoms with Crippen molar-refractivity contribution in [2.75, 3.05) is 0 Å². The second kappa shape index (κ2) is 5.36. The molecule has 1 aromatic heterocycles. The summed E-state index contributed by atoms with van der Waals surface area (Å²) in [6, 6.07) is 2.79. The van der Waals surface area contributed by atoms with Crippen molar-refractivity contribution in [2.24, 2.45) is 0 Å². The molecule has 15 heavy (non-hydrogen) atoms. The van der Waals surface area contributed by atoms with Crippen molar-refractivity contribution >= 4 is 0 Å². The molecular formula is C13H21NO. The predicted octanol–water partition coefficient (Wildman–Crippen LogP) is 3.40. The van der Waals surface area contributed by atoms with E-state index < -0.39 is 0 Å². The van der Waals surface area contributed by atoms with Crippen LogP contribution in [0.25, 0.3) is 0 Å². The first-order valence-electron chi connectivity index (χ1n) is 6.12. The van der Waals surface area contributed by atoms with E-state index >= 15 is 0 Å². The maximum atomic E-state index is 5.29. The van der Waals surface area contributed by atoms with Crippen LogP contribution in [-0.2, 0) is 6.54 Å². The monoisotopic (exact) mass is 207 g/mol. The van der Waals surface area contributed by atoms with Gasteiger partial charge in [-0.3, -0.25) is 0 Å². The molecule has 2 nitrogen and oxygen atoms in total. The fourth-order valence-corrected chi connectivity index (χ4v) is 2.33. The molecule has 2 rings (SSSR count). The van der Waals surface area contributed by atoms with Crippen LogP contribution >= 0.6 is 0 Å². The molecule has 0 spiro atoms. The summed E-state index contributed by atoms with van der Waals surface area (Å²) in [6.07, 6.45) is 10.1. The van der Waals surface area contributed by atoms with Gasteiger partial charge >= 0.3 is 0 Å². The Morgan fingerprint density at radius 1 is 1.27 bits per heavy atom. The average molecular weight is 207 g/mol. The van der Waals surface area contributed by atoms with Gasteiger partial charge in [-0.25, -0.2) is 0 Å². The standard InChI is InChI=1S/C13H21NO/c1-11-12(8-9-15-11)10-14-13-6-4-2-3-5-7-13/h8-9,13-14H,2-7,10H2,1H3. The van der Waals surface area contributed by atoms with Crippen LogP contribution in [0, 0.1) is 6.92 Å². The predicted molar refractivity (Wildman–Crippen MR) is 61.8 cm³/mol. The molecule has 1 aliphatic rings. The van der Waals surface area contributed by atoms with Crippen LogP contribution in [0.4, 0.5) is 0 Å². The topological polar surface area (TPSA) is 25.2 Å². The lowest BCUT2D eigenvalue weighted by atomic mass is 10.1. The minimum Gasteiger partial charge on any atom is -0.469 e. The molecule has 1 N–H and O–H groups in total. The molecule has 1 aliphatic carbocycles. The fraction of sp³-hybridized carbons (Fsp3) is 0.692. The van der Waals surface area contributed by atoms with E-state index in [0.29, 0.717) is 0 Å². The minimum atomic E-state index is 0.724. The van der Waals surface area contributed by atoms with Gasteiger partial charge < -0.3 is 9.73 Å². The summed E-state index contributed by atoms with van der Waals surface area (Å²) >= 11 is 0. The number of hydrogen-bond donors (Lipinski definition) is 1. The van der Waals surface area contributed by atoms with Gasteiger partial charge in [0.2, 0.25) is 0 Å². The van der Waals surface area contributed by atoms with E-state index in [2.05, 4.69) is 11.4 Å². The summed E-state index contributed by atoms with van der Waals surface area (Å²) in [6.45, 7) is 3.00. The quantitative estimate of drug-likeness (QED) is 0.768. The van der Waals surface area contributed by atoms with Gasteiger partial charge in [0.05, 0.1) is 6.26 Å². The van der Waals surface area contributed by atoms with Gasteiger partial charge in [-0.2, -0.15) is 0 Å². The molecule has 0 amide bonds. The number of aryl methyl sites for hydroxylation is 1. The molecule has 0 radical (unpaired) electrons. The van der Waals surface area contributed by atoms with Crippen molar-refractivity contribution in [3.63, 3.8) is 0 Å².